The van der Waals surface area contributed by atoms with Crippen LogP contribution in [0.1, 0.15) is 53.0 Å². The Labute approximate surface area is 321 Å². The highest BCUT2D eigenvalue weighted by Crippen LogP contribution is 2.44. The molecule has 1 atom stereocenters. The molecule has 2 aliphatic rings. The maximum Gasteiger partial charge on any atom is 0.254 e. The van der Waals surface area contributed by atoms with Crippen molar-refractivity contribution in [2.45, 2.75) is 43.2 Å². The van der Waals surface area contributed by atoms with E-state index in [0.29, 0.717) is 85.7 Å². The molecule has 0 spiro atoms. The number of rotatable bonds is 13. The number of carbonyl (C=O) groups is 1. The van der Waals surface area contributed by atoms with Gasteiger partial charge in [0.1, 0.15) is 17.2 Å². The second-order valence-corrected chi connectivity index (χ2v) is 14.5. The Hall–Kier alpha value is -5.33. The SMILES string of the molecule is COc1ccc(C2(CCN3CCC(O)(c4nc5ccccc5n4Cc4ccc(F)cc4)CC3)CCN(C(=O)c3cc(OC)c(OC)c(OC)c3)C2)cc1OC. The van der Waals surface area contributed by atoms with Gasteiger partial charge in [0.2, 0.25) is 5.75 Å². The number of hydrogen-bond donors (Lipinski definition) is 1. The summed E-state index contributed by atoms with van der Waals surface area (Å²) in [4.78, 5) is 23.4. The largest absolute Gasteiger partial charge is 0.493 e. The van der Waals surface area contributed by atoms with Gasteiger partial charge in [-0.1, -0.05) is 30.3 Å². The topological polar surface area (TPSA) is 108 Å². The summed E-state index contributed by atoms with van der Waals surface area (Å²) in [6.45, 7) is 3.65. The van der Waals surface area contributed by atoms with E-state index < -0.39 is 5.60 Å². The number of hydrogen-bond acceptors (Lipinski definition) is 9. The van der Waals surface area contributed by atoms with Crippen molar-refractivity contribution in [3.63, 3.8) is 0 Å². The molecule has 0 bridgehead atoms. The molecule has 2 fully saturated rings. The molecular weight excluding hydrogens is 703 g/mol. The molecule has 4 aromatic carbocycles. The zero-order valence-electron chi connectivity index (χ0n) is 32.1. The number of benzene rings is 4. The summed E-state index contributed by atoms with van der Waals surface area (Å²) in [7, 11) is 7.86. The van der Waals surface area contributed by atoms with Gasteiger partial charge in [-0.05, 0) is 91.9 Å². The Bertz CT molecular complexity index is 2120. The monoisotopic (exact) mass is 752 g/mol. The first kappa shape index (κ1) is 38.0. The molecule has 0 aliphatic carbocycles. The lowest BCUT2D eigenvalue weighted by atomic mass is 9.76. The third kappa shape index (κ3) is 7.40. The molecule has 1 aromatic heterocycles. The van der Waals surface area contributed by atoms with Gasteiger partial charge >= 0.3 is 0 Å². The molecule has 55 heavy (non-hydrogen) atoms. The lowest BCUT2D eigenvalue weighted by molar-refractivity contribution is -0.0359. The van der Waals surface area contributed by atoms with Crippen molar-refractivity contribution < 1.29 is 38.0 Å². The zero-order valence-corrected chi connectivity index (χ0v) is 32.1. The number of imidazole rings is 1. The third-order valence-corrected chi connectivity index (χ3v) is 11.5. The number of halogens is 1. The predicted molar refractivity (Wildman–Crippen MR) is 207 cm³/mol. The lowest BCUT2D eigenvalue weighted by Crippen LogP contribution is -2.45. The van der Waals surface area contributed by atoms with Gasteiger partial charge in [-0.3, -0.25) is 4.79 Å². The molecule has 2 saturated heterocycles. The summed E-state index contributed by atoms with van der Waals surface area (Å²) >= 11 is 0. The van der Waals surface area contributed by atoms with Gasteiger partial charge in [-0.25, -0.2) is 9.37 Å². The number of amides is 1. The average molecular weight is 753 g/mol. The number of likely N-dealkylation sites (tertiary alicyclic amines) is 2. The number of nitrogens with zero attached hydrogens (tertiary/aromatic N) is 4. The number of fused-ring (bicyclic) bond motifs is 1. The molecule has 0 saturated carbocycles. The summed E-state index contributed by atoms with van der Waals surface area (Å²) in [6, 6.07) is 23.8. The van der Waals surface area contributed by atoms with E-state index >= 15 is 0 Å². The normalized spacial score (nSPS) is 18.3. The Kier molecular flexibility index (Phi) is 10.9. The van der Waals surface area contributed by atoms with Gasteiger partial charge in [0.05, 0.1) is 46.6 Å². The Morgan fingerprint density at radius 2 is 1.45 bits per heavy atom. The number of ether oxygens (including phenoxy) is 5. The molecule has 12 heteroatoms. The predicted octanol–water partition coefficient (Wildman–Crippen LogP) is 6.42. The van der Waals surface area contributed by atoms with Crippen molar-refractivity contribution in [1.29, 1.82) is 0 Å². The van der Waals surface area contributed by atoms with Crippen molar-refractivity contribution in [1.82, 2.24) is 19.4 Å². The maximum absolute atomic E-state index is 14.1. The van der Waals surface area contributed by atoms with Crippen LogP contribution in [0.3, 0.4) is 0 Å². The maximum atomic E-state index is 14.1. The van der Waals surface area contributed by atoms with E-state index in [1.807, 2.05) is 41.3 Å². The second-order valence-electron chi connectivity index (χ2n) is 14.5. The van der Waals surface area contributed by atoms with Crippen molar-refractivity contribution in [3.8, 4) is 28.7 Å². The van der Waals surface area contributed by atoms with E-state index in [1.165, 1.54) is 33.5 Å². The van der Waals surface area contributed by atoms with Crippen molar-refractivity contribution in [2.75, 3.05) is 68.3 Å². The van der Waals surface area contributed by atoms with Crippen LogP contribution in [0.15, 0.2) is 78.9 Å². The highest BCUT2D eigenvalue weighted by molar-refractivity contribution is 5.96. The molecule has 0 radical (unpaired) electrons. The summed E-state index contributed by atoms with van der Waals surface area (Å²) < 4.78 is 43.7. The van der Waals surface area contributed by atoms with Gasteiger partial charge in [0.15, 0.2) is 23.0 Å². The number of aliphatic hydroxyl groups is 1. The van der Waals surface area contributed by atoms with Crippen LogP contribution in [-0.2, 0) is 17.6 Å². The highest BCUT2D eigenvalue weighted by atomic mass is 19.1. The average Bonchev–Trinajstić information content (AvgIpc) is 3.83. The zero-order chi connectivity index (χ0) is 38.7. The fraction of sp³-hybridized carbons (Fsp3) is 0.395. The van der Waals surface area contributed by atoms with Crippen LogP contribution in [0.4, 0.5) is 4.39 Å². The van der Waals surface area contributed by atoms with Crippen LogP contribution in [0.5, 0.6) is 28.7 Å². The van der Waals surface area contributed by atoms with Crippen LogP contribution < -0.4 is 23.7 Å². The third-order valence-electron chi connectivity index (χ3n) is 11.5. The van der Waals surface area contributed by atoms with Gasteiger partial charge in [-0.15, -0.1) is 0 Å². The van der Waals surface area contributed by atoms with Crippen LogP contribution in [0.25, 0.3) is 11.0 Å². The van der Waals surface area contributed by atoms with Crippen molar-refractivity contribution in [2.24, 2.45) is 0 Å². The van der Waals surface area contributed by atoms with Gasteiger partial charge < -0.3 is 43.2 Å². The van der Waals surface area contributed by atoms with Crippen LogP contribution >= 0.6 is 0 Å². The summed E-state index contributed by atoms with van der Waals surface area (Å²) in [5, 5.41) is 12.2. The minimum absolute atomic E-state index is 0.117. The highest BCUT2D eigenvalue weighted by Gasteiger charge is 2.44. The van der Waals surface area contributed by atoms with E-state index in [0.717, 1.165) is 41.5 Å². The molecule has 7 rings (SSSR count). The number of piperidine rings is 1. The van der Waals surface area contributed by atoms with E-state index in [9.17, 15) is 14.3 Å². The fourth-order valence-corrected chi connectivity index (χ4v) is 8.29. The number of aromatic nitrogens is 2. The van der Waals surface area contributed by atoms with E-state index in [1.54, 1.807) is 38.5 Å². The second kappa shape index (κ2) is 15.8. The van der Waals surface area contributed by atoms with Gasteiger partial charge in [0.25, 0.3) is 5.91 Å². The van der Waals surface area contributed by atoms with Crippen LogP contribution in [0.2, 0.25) is 0 Å². The molecule has 3 heterocycles. The first-order chi connectivity index (χ1) is 26.6. The molecule has 1 unspecified atom stereocenters. The standard InChI is InChI=1S/C43H49FN4O7/c1-51-35-15-12-31(26-36(35)52-2)42(17-23-47(28-42)40(49)30-24-37(53-3)39(55-5)38(25-30)54-4)16-20-46-21-18-43(50,19-22-46)41-45-33-8-6-7-9-34(33)48(41)27-29-10-13-32(44)14-11-29/h6-15,24-26,50H,16-23,27-28H2,1-5H3. The number of para-hydroxylation sites is 2. The minimum Gasteiger partial charge on any atom is -0.493 e. The summed E-state index contributed by atoms with van der Waals surface area (Å²) in [5.74, 6) is 2.79. The summed E-state index contributed by atoms with van der Waals surface area (Å²) in [5.41, 5.74) is 2.72. The quantitative estimate of drug-likeness (QED) is 0.146. The molecule has 2 aliphatic heterocycles. The van der Waals surface area contributed by atoms with Crippen molar-refractivity contribution >= 4 is 16.9 Å². The first-order valence-corrected chi connectivity index (χ1v) is 18.6. The van der Waals surface area contributed by atoms with E-state index in [4.69, 9.17) is 28.7 Å². The lowest BCUT2D eigenvalue weighted by Gasteiger charge is -2.40. The molecule has 5 aromatic rings. The van der Waals surface area contributed by atoms with Crippen LogP contribution in [-0.4, -0.2) is 98.6 Å². The minimum atomic E-state index is -1.13. The smallest absolute Gasteiger partial charge is 0.254 e. The van der Waals surface area contributed by atoms with Gasteiger partial charge in [0, 0.05) is 43.7 Å². The molecule has 1 amide bonds. The Morgan fingerprint density at radius 1 is 0.782 bits per heavy atom. The molecule has 1 N–H and O–H groups in total. The Balaban J connectivity index is 1.11. The van der Waals surface area contributed by atoms with Gasteiger partial charge in [-0.2, -0.15) is 0 Å². The van der Waals surface area contributed by atoms with Crippen LogP contribution in [0, 0.1) is 5.82 Å². The summed E-state index contributed by atoms with van der Waals surface area (Å²) in [6.07, 6.45) is 2.55. The number of carbonyl (C=O) groups excluding carboxylic acids is 1. The molecule has 11 nitrogen and oxygen atoms in total. The fourth-order valence-electron chi connectivity index (χ4n) is 8.29. The van der Waals surface area contributed by atoms with E-state index in [-0.39, 0.29) is 17.1 Å². The van der Waals surface area contributed by atoms with Crippen molar-refractivity contribution in [3.05, 3.63) is 107 Å². The molecule has 290 valence electrons. The number of methoxy groups -OCH3 is 5. The van der Waals surface area contributed by atoms with E-state index in [2.05, 4.69) is 15.5 Å². The molecular formula is C43H49FN4O7. The first-order valence-electron chi connectivity index (χ1n) is 18.6. The Morgan fingerprint density at radius 3 is 2.11 bits per heavy atom.